The van der Waals surface area contributed by atoms with E-state index in [0.29, 0.717) is 12.5 Å². The Morgan fingerprint density at radius 3 is 2.57 bits per heavy atom. The normalized spacial score (nSPS) is 10.6. The van der Waals surface area contributed by atoms with Crippen LogP contribution >= 0.6 is 0 Å². The molecule has 4 nitrogen and oxygen atoms in total. The molecule has 0 aliphatic heterocycles. The van der Waals surface area contributed by atoms with Gasteiger partial charge in [0, 0.05) is 5.56 Å². The Morgan fingerprint density at radius 2 is 1.86 bits per heavy atom. The van der Waals surface area contributed by atoms with Crippen LogP contribution < -0.4 is 4.74 Å². The Balaban J connectivity index is 1.70. The van der Waals surface area contributed by atoms with Crippen LogP contribution in [0.15, 0.2) is 53.3 Å². The lowest BCUT2D eigenvalue weighted by Crippen LogP contribution is -1.98. The summed E-state index contributed by atoms with van der Waals surface area (Å²) in [4.78, 5) is 0. The largest absolute Gasteiger partial charge is 0.489 e. The zero-order valence-electron chi connectivity index (χ0n) is 12.0. The standard InChI is InChI=1S/C17H16N2O2/c1-12-3-4-13(2)15(9-12)10-20-16-7-5-14(6-8-16)17-19-18-11-21-17/h3-9,11H,10H2,1-2H3. The molecule has 0 aliphatic rings. The molecular weight excluding hydrogens is 264 g/mol. The minimum absolute atomic E-state index is 0.510. The molecule has 21 heavy (non-hydrogen) atoms. The minimum Gasteiger partial charge on any atom is -0.489 e. The van der Waals surface area contributed by atoms with Crippen LogP contribution in [-0.4, -0.2) is 10.2 Å². The van der Waals surface area contributed by atoms with Crippen molar-refractivity contribution in [2.45, 2.75) is 20.5 Å². The summed E-state index contributed by atoms with van der Waals surface area (Å²) in [6, 6.07) is 14.0. The highest BCUT2D eigenvalue weighted by Crippen LogP contribution is 2.21. The first-order valence-corrected chi connectivity index (χ1v) is 6.78. The van der Waals surface area contributed by atoms with Crippen molar-refractivity contribution in [2.75, 3.05) is 0 Å². The first-order valence-electron chi connectivity index (χ1n) is 6.78. The number of ether oxygens (including phenoxy) is 1. The average molecular weight is 280 g/mol. The predicted molar refractivity (Wildman–Crippen MR) is 80.0 cm³/mol. The molecule has 0 atom stereocenters. The van der Waals surface area contributed by atoms with Gasteiger partial charge in [-0.2, -0.15) is 0 Å². The van der Waals surface area contributed by atoms with E-state index in [4.69, 9.17) is 9.15 Å². The molecule has 1 heterocycles. The summed E-state index contributed by atoms with van der Waals surface area (Å²) in [5.41, 5.74) is 4.57. The molecule has 106 valence electrons. The monoisotopic (exact) mass is 280 g/mol. The van der Waals surface area contributed by atoms with Gasteiger partial charge in [-0.3, -0.25) is 0 Å². The molecule has 0 saturated heterocycles. The zero-order chi connectivity index (χ0) is 14.7. The van der Waals surface area contributed by atoms with Gasteiger partial charge < -0.3 is 9.15 Å². The second-order valence-electron chi connectivity index (χ2n) is 4.99. The number of hydrogen-bond donors (Lipinski definition) is 0. The van der Waals surface area contributed by atoms with Crippen molar-refractivity contribution in [3.05, 3.63) is 65.5 Å². The number of nitrogens with zero attached hydrogens (tertiary/aromatic N) is 2. The molecule has 0 saturated carbocycles. The van der Waals surface area contributed by atoms with E-state index in [1.54, 1.807) is 0 Å². The lowest BCUT2D eigenvalue weighted by molar-refractivity contribution is 0.305. The molecular formula is C17H16N2O2. The molecule has 0 fully saturated rings. The molecule has 4 heteroatoms. The summed E-state index contributed by atoms with van der Waals surface area (Å²) in [5, 5.41) is 7.54. The van der Waals surface area contributed by atoms with E-state index >= 15 is 0 Å². The molecule has 0 radical (unpaired) electrons. The van der Waals surface area contributed by atoms with Crippen LogP contribution in [0.25, 0.3) is 11.5 Å². The molecule has 2 aromatic carbocycles. The molecule has 0 unspecified atom stereocenters. The molecule has 3 aromatic rings. The van der Waals surface area contributed by atoms with Crippen LogP contribution in [0, 0.1) is 13.8 Å². The first kappa shape index (κ1) is 13.4. The van der Waals surface area contributed by atoms with E-state index in [-0.39, 0.29) is 0 Å². The number of rotatable bonds is 4. The van der Waals surface area contributed by atoms with Crippen LogP contribution in [0.2, 0.25) is 0 Å². The smallest absolute Gasteiger partial charge is 0.247 e. The molecule has 0 N–H and O–H groups in total. The number of aromatic nitrogens is 2. The highest BCUT2D eigenvalue weighted by Gasteiger charge is 2.04. The third-order valence-corrected chi connectivity index (χ3v) is 3.36. The quantitative estimate of drug-likeness (QED) is 0.726. The third-order valence-electron chi connectivity index (χ3n) is 3.36. The van der Waals surface area contributed by atoms with Crippen molar-refractivity contribution in [2.24, 2.45) is 0 Å². The van der Waals surface area contributed by atoms with Gasteiger partial charge in [0.1, 0.15) is 12.4 Å². The summed E-state index contributed by atoms with van der Waals surface area (Å²) in [6.45, 7) is 4.74. The fourth-order valence-electron chi connectivity index (χ4n) is 2.11. The summed E-state index contributed by atoms with van der Waals surface area (Å²) < 4.78 is 11.0. The Labute approximate surface area is 123 Å². The van der Waals surface area contributed by atoms with Gasteiger partial charge in [0.05, 0.1) is 0 Å². The van der Waals surface area contributed by atoms with Crippen molar-refractivity contribution in [3.63, 3.8) is 0 Å². The van der Waals surface area contributed by atoms with Crippen molar-refractivity contribution < 1.29 is 9.15 Å². The summed E-state index contributed by atoms with van der Waals surface area (Å²) in [5.74, 6) is 1.33. The van der Waals surface area contributed by atoms with Crippen molar-refractivity contribution in [3.8, 4) is 17.2 Å². The van der Waals surface area contributed by atoms with Crippen molar-refractivity contribution in [1.29, 1.82) is 0 Å². The van der Waals surface area contributed by atoms with Crippen molar-refractivity contribution in [1.82, 2.24) is 10.2 Å². The van der Waals surface area contributed by atoms with Crippen molar-refractivity contribution >= 4 is 0 Å². The van der Waals surface area contributed by atoms with E-state index in [1.807, 2.05) is 24.3 Å². The highest BCUT2D eigenvalue weighted by atomic mass is 16.5. The maximum Gasteiger partial charge on any atom is 0.247 e. The Hall–Kier alpha value is -2.62. The van der Waals surface area contributed by atoms with Gasteiger partial charge in [-0.1, -0.05) is 23.8 Å². The average Bonchev–Trinajstić information content (AvgIpc) is 3.03. The number of hydrogen-bond acceptors (Lipinski definition) is 4. The summed E-state index contributed by atoms with van der Waals surface area (Å²) >= 11 is 0. The molecule has 0 amide bonds. The van der Waals surface area contributed by atoms with Crippen LogP contribution in [-0.2, 0) is 6.61 Å². The maximum absolute atomic E-state index is 5.83. The molecule has 1 aromatic heterocycles. The Bertz CT molecular complexity index is 719. The van der Waals surface area contributed by atoms with Crippen LogP contribution in [0.4, 0.5) is 0 Å². The van der Waals surface area contributed by atoms with Gasteiger partial charge in [-0.25, -0.2) is 0 Å². The van der Waals surface area contributed by atoms with Crippen LogP contribution in [0.1, 0.15) is 16.7 Å². The zero-order valence-corrected chi connectivity index (χ0v) is 12.0. The SMILES string of the molecule is Cc1ccc(C)c(COc2ccc(-c3nnco3)cc2)c1. The summed E-state index contributed by atoms with van der Waals surface area (Å²) in [7, 11) is 0. The van der Waals surface area contributed by atoms with E-state index in [9.17, 15) is 0 Å². The van der Waals surface area contributed by atoms with Crippen LogP contribution in [0.3, 0.4) is 0 Å². The molecule has 0 bridgehead atoms. The lowest BCUT2D eigenvalue weighted by atomic mass is 10.1. The van der Waals surface area contributed by atoms with Gasteiger partial charge in [0.2, 0.25) is 12.3 Å². The number of aryl methyl sites for hydroxylation is 2. The van der Waals surface area contributed by atoms with E-state index in [1.165, 1.54) is 23.1 Å². The highest BCUT2D eigenvalue weighted by molar-refractivity contribution is 5.53. The minimum atomic E-state index is 0.510. The Morgan fingerprint density at radius 1 is 1.05 bits per heavy atom. The van der Waals surface area contributed by atoms with Gasteiger partial charge in [-0.05, 0) is 49.2 Å². The van der Waals surface area contributed by atoms with Crippen LogP contribution in [0.5, 0.6) is 5.75 Å². The van der Waals surface area contributed by atoms with Gasteiger partial charge in [-0.15, -0.1) is 10.2 Å². The predicted octanol–water partition coefficient (Wildman–Crippen LogP) is 3.93. The fourth-order valence-corrected chi connectivity index (χ4v) is 2.11. The first-order chi connectivity index (χ1) is 10.2. The van der Waals surface area contributed by atoms with Gasteiger partial charge in [0.15, 0.2) is 0 Å². The third kappa shape index (κ3) is 3.11. The second-order valence-corrected chi connectivity index (χ2v) is 4.99. The van der Waals surface area contributed by atoms with Gasteiger partial charge in [0.25, 0.3) is 0 Å². The van der Waals surface area contributed by atoms with E-state index in [2.05, 4.69) is 42.2 Å². The maximum atomic E-state index is 5.83. The molecule has 3 rings (SSSR count). The Kier molecular flexibility index (Phi) is 3.69. The van der Waals surface area contributed by atoms with E-state index < -0.39 is 0 Å². The second kappa shape index (κ2) is 5.79. The molecule has 0 spiro atoms. The van der Waals surface area contributed by atoms with E-state index in [0.717, 1.165) is 11.3 Å². The molecule has 0 aliphatic carbocycles. The topological polar surface area (TPSA) is 48.2 Å². The number of benzene rings is 2. The summed E-state index contributed by atoms with van der Waals surface area (Å²) in [6.07, 6.45) is 1.32. The fraction of sp³-hybridized carbons (Fsp3) is 0.176. The van der Waals surface area contributed by atoms with Gasteiger partial charge >= 0.3 is 0 Å². The lowest BCUT2D eigenvalue weighted by Gasteiger charge is -2.09.